The molecule has 1 saturated heterocycles. The molecule has 3 aliphatic rings. The van der Waals surface area contributed by atoms with Gasteiger partial charge in [0.1, 0.15) is 5.71 Å². The summed E-state index contributed by atoms with van der Waals surface area (Å²) in [4.78, 5) is 32.5. The minimum Gasteiger partial charge on any atom is -0.385 e. The number of nitrogens with zero attached hydrogens (tertiary/aromatic N) is 2. The first-order valence-corrected chi connectivity index (χ1v) is 10.4. The third-order valence-electron chi connectivity index (χ3n) is 5.84. The van der Waals surface area contributed by atoms with Gasteiger partial charge in [0.15, 0.2) is 6.61 Å². The summed E-state index contributed by atoms with van der Waals surface area (Å²) >= 11 is 0. The Kier molecular flexibility index (Phi) is 4.91. The fourth-order valence-electron chi connectivity index (χ4n) is 4.16. The number of carbonyl (C=O) groups excluding carboxylic acids is 2. The van der Waals surface area contributed by atoms with Crippen molar-refractivity contribution in [2.24, 2.45) is 10.9 Å². The molecule has 0 aliphatic carbocycles. The Labute approximate surface area is 179 Å². The number of rotatable bonds is 3. The Hall–Kier alpha value is -3.65. The van der Waals surface area contributed by atoms with Crippen LogP contribution in [0.5, 0.6) is 0 Å². The van der Waals surface area contributed by atoms with Crippen LogP contribution in [-0.2, 0) is 14.4 Å². The molecule has 0 bridgehead atoms. The first kappa shape index (κ1) is 19.3. The maximum atomic E-state index is 12.8. The second kappa shape index (κ2) is 7.88. The van der Waals surface area contributed by atoms with Crippen molar-refractivity contribution in [3.63, 3.8) is 0 Å². The molecule has 3 heterocycles. The molecule has 2 aromatic carbocycles. The van der Waals surface area contributed by atoms with Gasteiger partial charge < -0.3 is 26.1 Å². The minimum atomic E-state index is -0.204. The van der Waals surface area contributed by atoms with E-state index >= 15 is 0 Å². The van der Waals surface area contributed by atoms with E-state index in [4.69, 9.17) is 10.6 Å². The fraction of sp³-hybridized carbons (Fsp3) is 0.261. The number of carbonyl (C=O) groups is 2. The van der Waals surface area contributed by atoms with Crippen LogP contribution in [0, 0.1) is 0 Å². The fourth-order valence-corrected chi connectivity index (χ4v) is 4.16. The van der Waals surface area contributed by atoms with Crippen molar-refractivity contribution in [1.82, 2.24) is 4.90 Å². The minimum absolute atomic E-state index is 0.117. The number of nitrogens with two attached hydrogens (primary N) is 1. The van der Waals surface area contributed by atoms with Crippen LogP contribution in [0.3, 0.4) is 0 Å². The normalized spacial score (nSPS) is 21.5. The number of piperidine rings is 1. The average molecular weight is 417 g/mol. The van der Waals surface area contributed by atoms with E-state index in [1.54, 1.807) is 4.90 Å². The quantitative estimate of drug-likeness (QED) is 0.524. The van der Waals surface area contributed by atoms with Crippen LogP contribution in [0.2, 0.25) is 0 Å². The number of allylic oxidation sites excluding steroid dienone is 1. The van der Waals surface area contributed by atoms with Crippen LogP contribution < -0.4 is 16.4 Å². The predicted molar refractivity (Wildman–Crippen MR) is 118 cm³/mol. The highest BCUT2D eigenvalue weighted by molar-refractivity contribution is 6.39. The van der Waals surface area contributed by atoms with Crippen molar-refractivity contribution in [2.45, 2.75) is 18.9 Å². The Morgan fingerprint density at radius 3 is 2.42 bits per heavy atom. The largest absolute Gasteiger partial charge is 0.385 e. The lowest BCUT2D eigenvalue weighted by atomic mass is 10.0. The third-order valence-corrected chi connectivity index (χ3v) is 5.84. The van der Waals surface area contributed by atoms with Gasteiger partial charge in [0, 0.05) is 41.6 Å². The molecule has 158 valence electrons. The van der Waals surface area contributed by atoms with E-state index in [2.05, 4.69) is 15.8 Å². The molecule has 1 fully saturated rings. The van der Waals surface area contributed by atoms with Gasteiger partial charge in [-0.25, -0.2) is 0 Å². The highest BCUT2D eigenvalue weighted by atomic mass is 16.6. The Morgan fingerprint density at radius 1 is 1.03 bits per heavy atom. The van der Waals surface area contributed by atoms with Crippen LogP contribution in [0.1, 0.15) is 24.0 Å². The first-order valence-electron chi connectivity index (χ1n) is 10.4. The van der Waals surface area contributed by atoms with Crippen molar-refractivity contribution in [3.8, 4) is 0 Å². The molecule has 0 aromatic heterocycles. The molecule has 3 aliphatic heterocycles. The van der Waals surface area contributed by atoms with Crippen molar-refractivity contribution < 1.29 is 14.4 Å². The van der Waals surface area contributed by atoms with Crippen LogP contribution in [0.4, 0.5) is 11.4 Å². The van der Waals surface area contributed by atoms with Gasteiger partial charge in [-0.15, -0.1) is 0 Å². The van der Waals surface area contributed by atoms with Crippen LogP contribution in [0.25, 0.3) is 5.57 Å². The maximum Gasteiger partial charge on any atom is 0.263 e. The number of nitrogens with one attached hydrogen (secondary N) is 2. The van der Waals surface area contributed by atoms with Crippen LogP contribution in [-0.4, -0.2) is 48.2 Å². The van der Waals surface area contributed by atoms with Crippen LogP contribution >= 0.6 is 0 Å². The topological polar surface area (TPSA) is 109 Å². The molecular formula is C23H23N5O3. The lowest BCUT2D eigenvalue weighted by molar-refractivity contribution is -0.137. The van der Waals surface area contributed by atoms with E-state index < -0.39 is 0 Å². The van der Waals surface area contributed by atoms with E-state index in [0.29, 0.717) is 30.1 Å². The Bertz CT molecular complexity index is 1120. The van der Waals surface area contributed by atoms with Gasteiger partial charge in [0.25, 0.3) is 11.8 Å². The van der Waals surface area contributed by atoms with Gasteiger partial charge in [0.05, 0.1) is 11.3 Å². The summed E-state index contributed by atoms with van der Waals surface area (Å²) in [6.45, 7) is 1.11. The highest BCUT2D eigenvalue weighted by Crippen LogP contribution is 2.38. The van der Waals surface area contributed by atoms with Crippen LogP contribution in [0.15, 0.2) is 59.4 Å². The summed E-state index contributed by atoms with van der Waals surface area (Å²) in [5.41, 5.74) is 10.7. The van der Waals surface area contributed by atoms with Crippen molar-refractivity contribution in [3.05, 3.63) is 65.4 Å². The third kappa shape index (κ3) is 3.55. The molecule has 0 unspecified atom stereocenters. The molecule has 0 radical (unpaired) electrons. The lowest BCUT2D eigenvalue weighted by Crippen LogP contribution is -2.44. The molecule has 4 N–H and O–H groups in total. The van der Waals surface area contributed by atoms with Gasteiger partial charge >= 0.3 is 0 Å². The number of hydrogen-bond acceptors (Lipinski definition) is 6. The highest BCUT2D eigenvalue weighted by Gasteiger charge is 2.34. The molecule has 0 saturated carbocycles. The molecule has 2 aromatic rings. The number of hydrogen-bond donors (Lipinski definition) is 3. The monoisotopic (exact) mass is 417 g/mol. The predicted octanol–water partition coefficient (Wildman–Crippen LogP) is 2.15. The summed E-state index contributed by atoms with van der Waals surface area (Å²) in [6, 6.07) is 15.3. The van der Waals surface area contributed by atoms with E-state index in [-0.39, 0.29) is 24.5 Å². The maximum absolute atomic E-state index is 12.8. The van der Waals surface area contributed by atoms with Gasteiger partial charge in [-0.3, -0.25) is 9.59 Å². The number of para-hydroxylation sites is 2. The molecule has 8 heteroatoms. The van der Waals surface area contributed by atoms with Crippen molar-refractivity contribution in [2.75, 3.05) is 30.3 Å². The Balaban J connectivity index is 1.44. The first-order chi connectivity index (χ1) is 15.1. The molecule has 2 amide bonds. The summed E-state index contributed by atoms with van der Waals surface area (Å²) in [5.74, 6) is -0.321. The zero-order valence-electron chi connectivity index (χ0n) is 16.9. The number of benzene rings is 2. The molecule has 0 spiro atoms. The number of amides is 2. The van der Waals surface area contributed by atoms with Gasteiger partial charge in [0.2, 0.25) is 0 Å². The molecule has 8 nitrogen and oxygen atoms in total. The Morgan fingerprint density at radius 2 is 1.68 bits per heavy atom. The van der Waals surface area contributed by atoms with E-state index in [1.165, 1.54) is 0 Å². The second-order valence-corrected chi connectivity index (χ2v) is 7.85. The van der Waals surface area contributed by atoms with Crippen molar-refractivity contribution >= 4 is 34.5 Å². The van der Waals surface area contributed by atoms with E-state index in [9.17, 15) is 9.59 Å². The number of fused-ring (bicyclic) bond motifs is 2. The summed E-state index contributed by atoms with van der Waals surface area (Å²) in [6.07, 6.45) is 1.59. The molecule has 0 atom stereocenters. The SMILES string of the molecule is NC1CCN(C(=O)CO/N=C2/C(=C3/C(=O)Nc4ccccc43)Nc3ccccc32)CC1. The van der Waals surface area contributed by atoms with Gasteiger partial charge in [-0.1, -0.05) is 41.6 Å². The molecular weight excluding hydrogens is 394 g/mol. The summed E-state index contributed by atoms with van der Waals surface area (Å²) < 4.78 is 0. The molecule has 31 heavy (non-hydrogen) atoms. The second-order valence-electron chi connectivity index (χ2n) is 7.85. The van der Waals surface area contributed by atoms with Gasteiger partial charge in [-0.05, 0) is 25.0 Å². The zero-order valence-corrected chi connectivity index (χ0v) is 16.9. The summed E-state index contributed by atoms with van der Waals surface area (Å²) in [7, 11) is 0. The number of likely N-dealkylation sites (tertiary alicyclic amines) is 1. The van der Waals surface area contributed by atoms with E-state index in [1.807, 2.05) is 48.5 Å². The van der Waals surface area contributed by atoms with E-state index in [0.717, 1.165) is 35.3 Å². The van der Waals surface area contributed by atoms with Gasteiger partial charge in [-0.2, -0.15) is 0 Å². The standard InChI is InChI=1S/C23H23N5O3/c24-14-9-11-28(12-10-14)19(29)13-31-27-21-16-6-2-4-8-18(16)25-22(21)20-15-5-1-3-7-17(15)26-23(20)30/h1-8,14,25H,9-13,24H2,(H,26,30)/b22-20-,27-21+. The molecule has 5 rings (SSSR count). The zero-order chi connectivity index (χ0) is 21.4. The number of oxime groups is 1. The smallest absolute Gasteiger partial charge is 0.263 e. The average Bonchev–Trinajstić information content (AvgIpc) is 3.30. The lowest BCUT2D eigenvalue weighted by Gasteiger charge is -2.29. The van der Waals surface area contributed by atoms with Crippen molar-refractivity contribution in [1.29, 1.82) is 0 Å². The summed E-state index contributed by atoms with van der Waals surface area (Å²) in [5, 5.41) is 10.5. The number of anilines is 2.